The number of hydrogen-bond donors (Lipinski definition) is 2. The Hall–Kier alpha value is -1.47. The molecule has 3 N–H and O–H groups in total. The summed E-state index contributed by atoms with van der Waals surface area (Å²) in [4.78, 5) is 12.4. The van der Waals surface area contributed by atoms with Crippen molar-refractivity contribution in [3.8, 4) is 0 Å². The number of hydrogen-bond acceptors (Lipinski definition) is 4. The summed E-state index contributed by atoms with van der Waals surface area (Å²) in [6, 6.07) is 8.40. The molecule has 114 valence electrons. The molecule has 2 unspecified atom stereocenters. The highest BCUT2D eigenvalue weighted by molar-refractivity contribution is 7.92. The molecule has 1 aliphatic rings. The van der Waals surface area contributed by atoms with Crippen LogP contribution in [0.4, 0.5) is 0 Å². The van der Waals surface area contributed by atoms with E-state index in [9.17, 15) is 13.2 Å². The van der Waals surface area contributed by atoms with Crippen LogP contribution in [0.15, 0.2) is 30.3 Å². The lowest BCUT2D eigenvalue weighted by Gasteiger charge is -2.24. The molecule has 1 aliphatic heterocycles. The van der Waals surface area contributed by atoms with Crippen molar-refractivity contribution < 1.29 is 13.2 Å². The van der Waals surface area contributed by atoms with E-state index < -0.39 is 27.0 Å². The van der Waals surface area contributed by atoms with E-state index in [1.54, 1.807) is 12.1 Å². The molecule has 0 aliphatic carbocycles. The molecule has 0 bridgehead atoms. The molecule has 1 fully saturated rings. The number of sulfone groups is 1. The van der Waals surface area contributed by atoms with E-state index in [0.29, 0.717) is 12.8 Å². The molecule has 0 saturated carbocycles. The van der Waals surface area contributed by atoms with Gasteiger partial charge in [0.1, 0.15) is 16.3 Å². The molecule has 1 heterocycles. The van der Waals surface area contributed by atoms with Gasteiger partial charge in [0.25, 0.3) is 0 Å². The third-order valence-electron chi connectivity index (χ3n) is 3.58. The first kappa shape index (κ1) is 15.9. The second kappa shape index (κ2) is 6.53. The van der Waals surface area contributed by atoms with Crippen LogP contribution in [0.2, 0.25) is 0 Å². The van der Waals surface area contributed by atoms with Crippen molar-refractivity contribution in [1.82, 2.24) is 5.32 Å². The van der Waals surface area contributed by atoms with Gasteiger partial charge in [-0.2, -0.15) is 0 Å². The fraction of sp³-hybridized carbons (Fsp3) is 0.429. The maximum absolute atomic E-state index is 12.3. The maximum atomic E-state index is 12.3. The summed E-state index contributed by atoms with van der Waals surface area (Å²) in [5, 5.41) is 1.68. The van der Waals surface area contributed by atoms with Gasteiger partial charge in [0.05, 0.1) is 5.75 Å². The van der Waals surface area contributed by atoms with E-state index in [1.807, 2.05) is 18.2 Å². The second-order valence-corrected chi connectivity index (χ2v) is 7.88. The van der Waals surface area contributed by atoms with E-state index in [1.165, 1.54) is 0 Å². The zero-order valence-electron chi connectivity index (χ0n) is 11.5. The maximum Gasteiger partial charge on any atom is 0.239 e. The number of carbonyl (C=O) groups excluding carboxylic acids is 1. The molecule has 2 atom stereocenters. The van der Waals surface area contributed by atoms with Gasteiger partial charge in [-0.15, -0.1) is 0 Å². The summed E-state index contributed by atoms with van der Waals surface area (Å²) in [5.74, 6) is -0.454. The van der Waals surface area contributed by atoms with Gasteiger partial charge in [-0.1, -0.05) is 49.0 Å². The second-order valence-electron chi connectivity index (χ2n) is 5.11. The number of nitrogens with two attached hydrogens (primary N) is 1. The Kier molecular flexibility index (Phi) is 4.95. The van der Waals surface area contributed by atoms with Crippen molar-refractivity contribution >= 4 is 33.0 Å². The van der Waals surface area contributed by atoms with Gasteiger partial charge in [0.2, 0.25) is 5.91 Å². The first-order chi connectivity index (χ1) is 9.92. The third kappa shape index (κ3) is 3.79. The molecular weight excluding hydrogens is 308 g/mol. The number of nitrogens with one attached hydrogen (secondary N) is 1. The lowest BCUT2D eigenvalue weighted by atomic mass is 10.1. The van der Waals surface area contributed by atoms with E-state index >= 15 is 0 Å². The number of rotatable bonds is 4. The average molecular weight is 326 g/mol. The molecule has 0 radical (unpaired) electrons. The fourth-order valence-corrected chi connectivity index (χ4v) is 4.45. The van der Waals surface area contributed by atoms with Crippen molar-refractivity contribution in [1.29, 1.82) is 0 Å². The Balaban J connectivity index is 2.18. The molecule has 1 aromatic carbocycles. The summed E-state index contributed by atoms with van der Waals surface area (Å²) in [7, 11) is -3.37. The molecule has 5 nitrogen and oxygen atoms in total. The van der Waals surface area contributed by atoms with Crippen LogP contribution in [0.1, 0.15) is 30.9 Å². The Morgan fingerprint density at radius 3 is 2.52 bits per heavy atom. The standard InChI is InChI=1S/C14H18N2O3S2/c15-13(20)12(10-6-2-1-3-7-10)16-14(17)11-8-4-5-9-21(11,18)19/h1-3,6-7,11-12H,4-5,8-9H2,(H2,15,20)(H,16,17). The van der Waals surface area contributed by atoms with Crippen molar-refractivity contribution in [3.63, 3.8) is 0 Å². The lowest BCUT2D eigenvalue weighted by Crippen LogP contribution is -2.46. The van der Waals surface area contributed by atoms with Gasteiger partial charge < -0.3 is 11.1 Å². The lowest BCUT2D eigenvalue weighted by molar-refractivity contribution is -0.121. The third-order valence-corrected chi connectivity index (χ3v) is 5.99. The molecule has 2 rings (SSSR count). The Bertz CT molecular complexity index is 629. The van der Waals surface area contributed by atoms with Crippen LogP contribution >= 0.6 is 12.2 Å². The van der Waals surface area contributed by atoms with Gasteiger partial charge in [0.15, 0.2) is 9.84 Å². The van der Waals surface area contributed by atoms with Gasteiger partial charge >= 0.3 is 0 Å². The van der Waals surface area contributed by atoms with Crippen LogP contribution in [-0.4, -0.2) is 30.3 Å². The number of amides is 1. The summed E-state index contributed by atoms with van der Waals surface area (Å²) < 4.78 is 24.0. The Morgan fingerprint density at radius 1 is 1.29 bits per heavy atom. The molecule has 1 saturated heterocycles. The minimum Gasteiger partial charge on any atom is -0.391 e. The predicted octanol–water partition coefficient (Wildman–Crippen LogP) is 1.10. The van der Waals surface area contributed by atoms with Gasteiger partial charge in [-0.3, -0.25) is 4.79 Å². The summed E-state index contributed by atoms with van der Waals surface area (Å²) >= 11 is 4.99. The molecule has 0 spiro atoms. The van der Waals surface area contributed by atoms with Crippen LogP contribution < -0.4 is 11.1 Å². The number of thiocarbonyl (C=S) groups is 1. The summed E-state index contributed by atoms with van der Waals surface area (Å²) in [5.41, 5.74) is 6.42. The molecule has 0 aromatic heterocycles. The van der Waals surface area contributed by atoms with Crippen molar-refractivity contribution in [2.45, 2.75) is 30.6 Å². The first-order valence-electron chi connectivity index (χ1n) is 6.78. The normalized spacial score (nSPS) is 22.2. The SMILES string of the molecule is NC(=S)C(NC(=O)C1CCCCS1(=O)=O)c1ccccc1. The fourth-order valence-electron chi connectivity index (χ4n) is 2.45. The van der Waals surface area contributed by atoms with Gasteiger partial charge in [-0.25, -0.2) is 8.42 Å². The quantitative estimate of drug-likeness (QED) is 0.809. The van der Waals surface area contributed by atoms with E-state index in [4.69, 9.17) is 18.0 Å². The predicted molar refractivity (Wildman–Crippen MR) is 85.5 cm³/mol. The van der Waals surface area contributed by atoms with Gasteiger partial charge in [0, 0.05) is 0 Å². The van der Waals surface area contributed by atoms with Crippen LogP contribution in [-0.2, 0) is 14.6 Å². The Morgan fingerprint density at radius 2 is 1.95 bits per heavy atom. The molecule has 1 aromatic rings. The minimum atomic E-state index is -3.37. The zero-order chi connectivity index (χ0) is 15.5. The molecular formula is C14H18N2O3S2. The monoisotopic (exact) mass is 326 g/mol. The van der Waals surface area contributed by atoms with Crippen LogP contribution in [0.25, 0.3) is 0 Å². The van der Waals surface area contributed by atoms with E-state index in [2.05, 4.69) is 5.32 Å². The van der Waals surface area contributed by atoms with Crippen molar-refractivity contribution in [3.05, 3.63) is 35.9 Å². The van der Waals surface area contributed by atoms with Crippen LogP contribution in [0.3, 0.4) is 0 Å². The first-order valence-corrected chi connectivity index (χ1v) is 8.90. The van der Waals surface area contributed by atoms with E-state index in [-0.39, 0.29) is 10.7 Å². The molecule has 21 heavy (non-hydrogen) atoms. The highest BCUT2D eigenvalue weighted by atomic mass is 32.2. The smallest absolute Gasteiger partial charge is 0.239 e. The summed E-state index contributed by atoms with van der Waals surface area (Å²) in [6.45, 7) is 0. The zero-order valence-corrected chi connectivity index (χ0v) is 13.1. The largest absolute Gasteiger partial charge is 0.391 e. The average Bonchev–Trinajstić information content (AvgIpc) is 2.44. The minimum absolute atomic E-state index is 0.0637. The highest BCUT2D eigenvalue weighted by Crippen LogP contribution is 2.21. The number of carbonyl (C=O) groups is 1. The summed E-state index contributed by atoms with van der Waals surface area (Å²) in [6.07, 6.45) is 1.71. The molecule has 7 heteroatoms. The number of benzene rings is 1. The molecule has 1 amide bonds. The van der Waals surface area contributed by atoms with Crippen molar-refractivity contribution in [2.75, 3.05) is 5.75 Å². The topological polar surface area (TPSA) is 89.3 Å². The van der Waals surface area contributed by atoms with Crippen LogP contribution in [0, 0.1) is 0 Å². The Labute approximate surface area is 129 Å². The van der Waals surface area contributed by atoms with Crippen molar-refractivity contribution in [2.24, 2.45) is 5.73 Å². The van der Waals surface area contributed by atoms with E-state index in [0.717, 1.165) is 12.0 Å². The highest BCUT2D eigenvalue weighted by Gasteiger charge is 2.36. The van der Waals surface area contributed by atoms with Gasteiger partial charge in [-0.05, 0) is 18.4 Å². The van der Waals surface area contributed by atoms with Crippen LogP contribution in [0.5, 0.6) is 0 Å².